The van der Waals surface area contributed by atoms with Gasteiger partial charge in [-0.05, 0) is 25.1 Å². The van der Waals surface area contributed by atoms with Crippen molar-refractivity contribution in [1.82, 2.24) is 14.7 Å². The topological polar surface area (TPSA) is 149 Å². The number of β-lactam (4-membered cyclic amide) rings is 1. The Bertz CT molecular complexity index is 1160. The lowest BCUT2D eigenvalue weighted by Crippen LogP contribution is -2.69. The Balaban J connectivity index is 2.41. The monoisotopic (exact) mass is 635 g/mol. The molecular formula is C30H45N3O10Si. The molecule has 2 aliphatic heterocycles. The average molecular weight is 636 g/mol. The molecule has 4 atom stereocenters. The van der Waals surface area contributed by atoms with Gasteiger partial charge >= 0.3 is 24.1 Å². The fourth-order valence-corrected chi connectivity index (χ4v) is 6.21. The first-order chi connectivity index (χ1) is 20.5. The number of piperazine rings is 1. The summed E-state index contributed by atoms with van der Waals surface area (Å²) >= 11 is 0. The fourth-order valence-electron chi connectivity index (χ4n) is 4.78. The van der Waals surface area contributed by atoms with Crippen molar-refractivity contribution in [1.29, 1.82) is 0 Å². The Labute approximate surface area is 259 Å². The number of carbonyl (C=O) groups is 6. The number of rotatable bonds is 12. The largest absolute Gasteiger partial charge is 0.454 e. The highest BCUT2D eigenvalue weighted by Gasteiger charge is 2.57. The Kier molecular flexibility index (Phi) is 12.6. The van der Waals surface area contributed by atoms with Crippen molar-refractivity contribution in [3.05, 3.63) is 38.0 Å². The third kappa shape index (κ3) is 8.44. The van der Waals surface area contributed by atoms with Crippen LogP contribution in [0.25, 0.3) is 0 Å². The van der Waals surface area contributed by atoms with Crippen LogP contribution in [0.15, 0.2) is 38.0 Å². The predicted octanol–water partition coefficient (Wildman–Crippen LogP) is 3.07. The summed E-state index contributed by atoms with van der Waals surface area (Å²) in [6.45, 7) is 21.7. The third-order valence-corrected chi connectivity index (χ3v) is 12.7. The molecule has 0 aromatic rings. The van der Waals surface area contributed by atoms with Crippen LogP contribution in [-0.2, 0) is 37.8 Å². The van der Waals surface area contributed by atoms with Crippen LogP contribution in [0.4, 0.5) is 9.59 Å². The van der Waals surface area contributed by atoms with Crippen LogP contribution in [-0.4, -0.2) is 116 Å². The summed E-state index contributed by atoms with van der Waals surface area (Å²) in [5.74, 6) is -4.64. The molecule has 244 valence electrons. The van der Waals surface area contributed by atoms with Crippen molar-refractivity contribution >= 4 is 44.1 Å². The van der Waals surface area contributed by atoms with E-state index in [0.29, 0.717) is 0 Å². The molecule has 0 N–H and O–H groups in total. The molecule has 0 aromatic carbocycles. The van der Waals surface area contributed by atoms with Gasteiger partial charge in [0.15, 0.2) is 14.1 Å². The number of imide groups is 1. The van der Waals surface area contributed by atoms with Crippen molar-refractivity contribution < 1.29 is 47.4 Å². The van der Waals surface area contributed by atoms with Crippen LogP contribution in [0.2, 0.25) is 18.1 Å². The van der Waals surface area contributed by atoms with Crippen LogP contribution >= 0.6 is 0 Å². The zero-order valence-corrected chi connectivity index (χ0v) is 27.5. The molecule has 13 nitrogen and oxygen atoms in total. The molecule has 2 aliphatic rings. The number of amides is 4. The second-order valence-electron chi connectivity index (χ2n) is 12.1. The average Bonchev–Trinajstić information content (AvgIpc) is 2.95. The summed E-state index contributed by atoms with van der Waals surface area (Å²) < 4.78 is 21.6. The number of carbonyl (C=O) groups excluding carboxylic acids is 6. The SMILES string of the molecule is C=CCOC(=O)C(=O)N1C(=O)[C@H]([C@@H](C)O[Si](C)(C)C(C)(C)C)[C@H]1CC(=O)C1CN(C(=O)OCC=C)CCN1C(=O)OCC=C. The first-order valence-electron chi connectivity index (χ1n) is 14.4. The van der Waals surface area contributed by atoms with Gasteiger partial charge < -0.3 is 23.5 Å². The van der Waals surface area contributed by atoms with Crippen LogP contribution in [0.3, 0.4) is 0 Å². The summed E-state index contributed by atoms with van der Waals surface area (Å²) in [4.78, 5) is 81.5. The number of likely N-dealkylation sites (tertiary alicyclic amines) is 1. The maximum absolute atomic E-state index is 13.9. The van der Waals surface area contributed by atoms with Gasteiger partial charge in [0.25, 0.3) is 0 Å². The number of hydrogen-bond acceptors (Lipinski definition) is 10. The zero-order valence-electron chi connectivity index (χ0n) is 26.5. The smallest absolute Gasteiger partial charge is 0.410 e. The quantitative estimate of drug-likeness (QED) is 0.0782. The first kappa shape index (κ1) is 36.4. The highest BCUT2D eigenvalue weighted by atomic mass is 28.4. The number of hydrogen-bond donors (Lipinski definition) is 0. The van der Waals surface area contributed by atoms with E-state index in [2.05, 4.69) is 19.7 Å². The molecule has 44 heavy (non-hydrogen) atoms. The molecule has 2 fully saturated rings. The van der Waals surface area contributed by atoms with Crippen molar-refractivity contribution in [3.8, 4) is 0 Å². The molecule has 1 unspecified atom stereocenters. The van der Waals surface area contributed by atoms with Crippen LogP contribution in [0, 0.1) is 5.92 Å². The molecule has 0 aromatic heterocycles. The second-order valence-corrected chi connectivity index (χ2v) is 16.9. The Hall–Kier alpha value is -3.78. The number of nitrogens with zero attached hydrogens (tertiary/aromatic N) is 3. The highest BCUT2D eigenvalue weighted by Crippen LogP contribution is 2.41. The summed E-state index contributed by atoms with van der Waals surface area (Å²) in [5.41, 5.74) is 0. The molecule has 14 heteroatoms. The van der Waals surface area contributed by atoms with Gasteiger partial charge in [0.2, 0.25) is 5.91 Å². The molecule has 0 saturated carbocycles. The molecular weight excluding hydrogens is 590 g/mol. The lowest BCUT2D eigenvalue weighted by atomic mass is 9.79. The van der Waals surface area contributed by atoms with Gasteiger partial charge in [-0.25, -0.2) is 14.4 Å². The van der Waals surface area contributed by atoms with Crippen LogP contribution in [0.5, 0.6) is 0 Å². The maximum atomic E-state index is 13.9. The summed E-state index contributed by atoms with van der Waals surface area (Å²) in [6, 6.07) is -2.25. The summed E-state index contributed by atoms with van der Waals surface area (Å²) in [5, 5.41) is -0.193. The van der Waals surface area contributed by atoms with Crippen LogP contribution in [0.1, 0.15) is 34.1 Å². The standard InChI is InChI=1S/C30H45N3O10Si/c1-10-15-40-27(37)26(36)33-21(24(25(33)35)20(4)43-44(8,9)30(5,6)7)18-23(34)22-19-31(28(38)41-16-11-2)13-14-32(22)29(39)42-17-12-3/h10-12,20-22,24H,1-3,13-19H2,4-9H3/t20-,21-,22?,24-/m1/s1. The predicted molar refractivity (Wildman–Crippen MR) is 163 cm³/mol. The highest BCUT2D eigenvalue weighted by molar-refractivity contribution is 6.74. The third-order valence-electron chi connectivity index (χ3n) is 8.09. The van der Waals surface area contributed by atoms with Crippen molar-refractivity contribution in [2.45, 2.75) is 70.4 Å². The molecule has 2 heterocycles. The van der Waals surface area contributed by atoms with E-state index < -0.39 is 74.6 Å². The van der Waals surface area contributed by atoms with E-state index in [1.54, 1.807) is 6.92 Å². The number of esters is 1. The summed E-state index contributed by atoms with van der Waals surface area (Å²) in [6.07, 6.45) is 1.46. The van der Waals surface area contributed by atoms with Gasteiger partial charge in [-0.2, -0.15) is 0 Å². The first-order valence-corrected chi connectivity index (χ1v) is 17.4. The van der Waals surface area contributed by atoms with Crippen molar-refractivity contribution in [2.75, 3.05) is 39.5 Å². The number of ketones is 1. The normalized spacial score (nSPS) is 21.0. The molecule has 4 amide bonds. The van der Waals surface area contributed by atoms with Gasteiger partial charge in [0, 0.05) is 19.5 Å². The van der Waals surface area contributed by atoms with E-state index in [-0.39, 0.29) is 44.5 Å². The van der Waals surface area contributed by atoms with Crippen LogP contribution < -0.4 is 0 Å². The van der Waals surface area contributed by atoms with Gasteiger partial charge in [-0.3, -0.25) is 24.2 Å². The molecule has 0 spiro atoms. The van der Waals surface area contributed by atoms with Gasteiger partial charge in [-0.15, -0.1) is 0 Å². The zero-order chi connectivity index (χ0) is 33.4. The van der Waals surface area contributed by atoms with Gasteiger partial charge in [-0.1, -0.05) is 58.7 Å². The van der Waals surface area contributed by atoms with Gasteiger partial charge in [0.1, 0.15) is 25.9 Å². The molecule has 0 radical (unpaired) electrons. The second kappa shape index (κ2) is 15.3. The Morgan fingerprint density at radius 3 is 2.02 bits per heavy atom. The maximum Gasteiger partial charge on any atom is 0.410 e. The van der Waals surface area contributed by atoms with Crippen molar-refractivity contribution in [2.24, 2.45) is 5.92 Å². The van der Waals surface area contributed by atoms with E-state index in [0.717, 1.165) is 4.90 Å². The molecule has 2 saturated heterocycles. The molecule has 0 aliphatic carbocycles. The number of ether oxygens (including phenoxy) is 3. The van der Waals surface area contributed by atoms with E-state index in [9.17, 15) is 28.8 Å². The minimum Gasteiger partial charge on any atom is -0.454 e. The summed E-state index contributed by atoms with van der Waals surface area (Å²) in [7, 11) is -2.39. The fraction of sp³-hybridized carbons (Fsp3) is 0.600. The lowest BCUT2D eigenvalue weighted by Gasteiger charge is -2.50. The minimum atomic E-state index is -2.39. The van der Waals surface area contributed by atoms with E-state index in [1.165, 1.54) is 28.0 Å². The van der Waals surface area contributed by atoms with E-state index in [1.807, 2.05) is 33.9 Å². The van der Waals surface area contributed by atoms with Gasteiger partial charge in [0.05, 0.1) is 24.6 Å². The van der Waals surface area contributed by atoms with E-state index >= 15 is 0 Å². The lowest BCUT2D eigenvalue weighted by molar-refractivity contribution is -0.180. The molecule has 0 bridgehead atoms. The number of Topliss-reactive ketones (excluding diaryl/α,β-unsaturated/α-hetero) is 1. The minimum absolute atomic E-state index is 0.0377. The Morgan fingerprint density at radius 1 is 0.932 bits per heavy atom. The Morgan fingerprint density at radius 2 is 1.48 bits per heavy atom. The molecule has 2 rings (SSSR count). The van der Waals surface area contributed by atoms with Crippen molar-refractivity contribution in [3.63, 3.8) is 0 Å². The van der Waals surface area contributed by atoms with E-state index in [4.69, 9.17) is 18.6 Å².